The van der Waals surface area contributed by atoms with E-state index in [1.165, 1.54) is 0 Å². The maximum absolute atomic E-state index is 11.0. The predicted octanol–water partition coefficient (Wildman–Crippen LogP) is 0.705. The van der Waals surface area contributed by atoms with E-state index in [1.54, 1.807) is 0 Å². The summed E-state index contributed by atoms with van der Waals surface area (Å²) in [5.74, 6) is -1.18. The number of carbonyl (C=O) groups is 2. The number of carboxylic acid groups (broad SMARTS) is 1. The van der Waals surface area contributed by atoms with E-state index in [0.29, 0.717) is 6.54 Å². The summed E-state index contributed by atoms with van der Waals surface area (Å²) in [6.07, 6.45) is 3.62. The third kappa shape index (κ3) is 8.05. The van der Waals surface area contributed by atoms with E-state index < -0.39 is 18.1 Å². The third-order valence-corrected chi connectivity index (χ3v) is 2.01. The first-order chi connectivity index (χ1) is 7.57. The third-order valence-electron chi connectivity index (χ3n) is 2.01. The van der Waals surface area contributed by atoms with E-state index in [4.69, 9.17) is 10.8 Å². The molecule has 0 saturated carbocycles. The van der Waals surface area contributed by atoms with E-state index in [0.717, 1.165) is 25.7 Å². The number of hydrogen-bond acceptors (Lipinski definition) is 4. The molecule has 0 fully saturated rings. The Labute approximate surface area is 95.1 Å². The van der Waals surface area contributed by atoms with Gasteiger partial charge < -0.3 is 20.9 Å². The number of carboxylic acids is 1. The minimum atomic E-state index is -1.18. The Morgan fingerprint density at radius 2 is 2.06 bits per heavy atom. The highest BCUT2D eigenvalue weighted by Crippen LogP contribution is 1.97. The normalized spacial score (nSPS) is 11.9. The van der Waals surface area contributed by atoms with Gasteiger partial charge in [0, 0.05) is 6.54 Å². The molecule has 1 amide bonds. The zero-order valence-electron chi connectivity index (χ0n) is 9.57. The molecule has 0 aromatic carbocycles. The average Bonchev–Trinajstić information content (AvgIpc) is 2.25. The summed E-state index contributed by atoms with van der Waals surface area (Å²) in [7, 11) is 0. The standard InChI is InChI=1S/C10H20N2O4/c1-2-3-4-5-6-12-10(15)16-7-8(11)9(13)14/h8H,2-7,11H2,1H3,(H,12,15)(H,13,14)/t8-/m0/s1. The number of nitrogens with one attached hydrogen (secondary N) is 1. The molecule has 16 heavy (non-hydrogen) atoms. The van der Waals surface area contributed by atoms with Crippen LogP contribution in [0.3, 0.4) is 0 Å². The molecule has 0 unspecified atom stereocenters. The fourth-order valence-corrected chi connectivity index (χ4v) is 1.03. The summed E-state index contributed by atoms with van der Waals surface area (Å²) in [6, 6.07) is -1.16. The van der Waals surface area contributed by atoms with Gasteiger partial charge >= 0.3 is 12.1 Å². The van der Waals surface area contributed by atoms with Gasteiger partial charge in [0.15, 0.2) is 0 Å². The van der Waals surface area contributed by atoms with Gasteiger partial charge in [-0.3, -0.25) is 4.79 Å². The summed E-state index contributed by atoms with van der Waals surface area (Å²) in [4.78, 5) is 21.3. The molecule has 0 radical (unpaired) electrons. The molecule has 0 saturated heterocycles. The van der Waals surface area contributed by atoms with E-state index in [9.17, 15) is 9.59 Å². The van der Waals surface area contributed by atoms with Gasteiger partial charge in [0.2, 0.25) is 0 Å². The minimum absolute atomic E-state index is 0.309. The van der Waals surface area contributed by atoms with E-state index in [-0.39, 0.29) is 6.61 Å². The Morgan fingerprint density at radius 3 is 2.62 bits per heavy atom. The Hall–Kier alpha value is -1.30. The minimum Gasteiger partial charge on any atom is -0.480 e. The van der Waals surface area contributed by atoms with Crippen LogP contribution in [0.5, 0.6) is 0 Å². The number of alkyl carbamates (subject to hydrolysis) is 1. The van der Waals surface area contributed by atoms with Crippen LogP contribution < -0.4 is 11.1 Å². The van der Waals surface area contributed by atoms with Crippen LogP contribution in [-0.2, 0) is 9.53 Å². The lowest BCUT2D eigenvalue weighted by Gasteiger charge is -2.09. The maximum Gasteiger partial charge on any atom is 0.407 e. The summed E-state index contributed by atoms with van der Waals surface area (Å²) in [5.41, 5.74) is 5.15. The van der Waals surface area contributed by atoms with Gasteiger partial charge in [-0.2, -0.15) is 0 Å². The van der Waals surface area contributed by atoms with Crippen LogP contribution in [0, 0.1) is 0 Å². The van der Waals surface area contributed by atoms with Crippen LogP contribution in [0.4, 0.5) is 4.79 Å². The topological polar surface area (TPSA) is 102 Å². The van der Waals surface area contributed by atoms with Crippen LogP contribution in [0.1, 0.15) is 32.6 Å². The van der Waals surface area contributed by atoms with Gasteiger partial charge in [-0.15, -0.1) is 0 Å². The van der Waals surface area contributed by atoms with Gasteiger partial charge in [0.1, 0.15) is 12.6 Å². The number of nitrogens with two attached hydrogens (primary N) is 1. The quantitative estimate of drug-likeness (QED) is 0.535. The second-order valence-electron chi connectivity index (χ2n) is 3.53. The Bertz CT molecular complexity index is 221. The first-order valence-electron chi connectivity index (χ1n) is 5.47. The van der Waals surface area contributed by atoms with E-state index >= 15 is 0 Å². The first kappa shape index (κ1) is 14.7. The molecule has 0 aliphatic heterocycles. The van der Waals surface area contributed by atoms with Gasteiger partial charge in [-0.25, -0.2) is 4.79 Å². The number of unbranched alkanes of at least 4 members (excludes halogenated alkanes) is 3. The van der Waals surface area contributed by atoms with Crippen molar-refractivity contribution >= 4 is 12.1 Å². The molecule has 0 bridgehead atoms. The number of rotatable bonds is 8. The number of amides is 1. The van der Waals surface area contributed by atoms with Crippen LogP contribution >= 0.6 is 0 Å². The Kier molecular flexibility index (Phi) is 8.24. The predicted molar refractivity (Wildman–Crippen MR) is 59.1 cm³/mol. The summed E-state index contributed by atoms with van der Waals surface area (Å²) in [6.45, 7) is 2.34. The lowest BCUT2D eigenvalue weighted by atomic mass is 10.2. The fourth-order valence-electron chi connectivity index (χ4n) is 1.03. The largest absolute Gasteiger partial charge is 0.480 e. The van der Waals surface area contributed by atoms with Crippen molar-refractivity contribution in [3.63, 3.8) is 0 Å². The van der Waals surface area contributed by atoms with Crippen LogP contribution in [0.15, 0.2) is 0 Å². The second kappa shape index (κ2) is 8.96. The molecule has 0 aliphatic carbocycles. The average molecular weight is 232 g/mol. The molecule has 0 aromatic heterocycles. The number of aliphatic carboxylic acids is 1. The van der Waals surface area contributed by atoms with Crippen molar-refractivity contribution in [2.45, 2.75) is 38.6 Å². The van der Waals surface area contributed by atoms with Crippen molar-refractivity contribution in [3.8, 4) is 0 Å². The highest BCUT2D eigenvalue weighted by molar-refractivity contribution is 5.74. The second-order valence-corrected chi connectivity index (χ2v) is 3.53. The zero-order valence-corrected chi connectivity index (χ0v) is 9.57. The van der Waals surface area contributed by atoms with Crippen molar-refractivity contribution in [3.05, 3.63) is 0 Å². The number of hydrogen-bond donors (Lipinski definition) is 3. The fraction of sp³-hybridized carbons (Fsp3) is 0.800. The molecule has 6 heteroatoms. The molecule has 0 spiro atoms. The molecule has 4 N–H and O–H groups in total. The van der Waals surface area contributed by atoms with Gasteiger partial charge in [-0.05, 0) is 6.42 Å². The highest BCUT2D eigenvalue weighted by atomic mass is 16.5. The molecule has 0 rings (SSSR count). The summed E-state index contributed by atoms with van der Waals surface area (Å²) in [5, 5.41) is 11.0. The summed E-state index contributed by atoms with van der Waals surface area (Å²) < 4.78 is 4.62. The molecule has 0 aliphatic rings. The Morgan fingerprint density at radius 1 is 1.38 bits per heavy atom. The molecule has 94 valence electrons. The molecule has 0 aromatic rings. The van der Waals surface area contributed by atoms with Crippen LogP contribution in [0.25, 0.3) is 0 Å². The van der Waals surface area contributed by atoms with Crippen LogP contribution in [0.2, 0.25) is 0 Å². The Balaban J connectivity index is 3.41. The molecule has 1 atom stereocenters. The zero-order chi connectivity index (χ0) is 12.4. The number of ether oxygens (including phenoxy) is 1. The lowest BCUT2D eigenvalue weighted by molar-refractivity contribution is -0.139. The summed E-state index contributed by atoms with van der Waals surface area (Å²) >= 11 is 0. The van der Waals surface area contributed by atoms with Gasteiger partial charge in [0.05, 0.1) is 0 Å². The highest BCUT2D eigenvalue weighted by Gasteiger charge is 2.13. The smallest absolute Gasteiger partial charge is 0.407 e. The monoisotopic (exact) mass is 232 g/mol. The van der Waals surface area contributed by atoms with Crippen molar-refractivity contribution in [1.82, 2.24) is 5.32 Å². The van der Waals surface area contributed by atoms with Crippen molar-refractivity contribution in [1.29, 1.82) is 0 Å². The molecular formula is C10H20N2O4. The van der Waals surface area contributed by atoms with Gasteiger partial charge in [0.25, 0.3) is 0 Å². The van der Waals surface area contributed by atoms with E-state index in [1.807, 2.05) is 0 Å². The lowest BCUT2D eigenvalue weighted by Crippen LogP contribution is -2.37. The van der Waals surface area contributed by atoms with Crippen molar-refractivity contribution < 1.29 is 19.4 Å². The molecular weight excluding hydrogens is 212 g/mol. The van der Waals surface area contributed by atoms with Crippen LogP contribution in [-0.4, -0.2) is 36.4 Å². The van der Waals surface area contributed by atoms with E-state index in [2.05, 4.69) is 17.0 Å². The van der Waals surface area contributed by atoms with Gasteiger partial charge in [-0.1, -0.05) is 26.2 Å². The number of carbonyl (C=O) groups excluding carboxylic acids is 1. The SMILES string of the molecule is CCCCCCNC(=O)OC[C@H](N)C(=O)O. The molecule has 6 nitrogen and oxygen atoms in total. The van der Waals surface area contributed by atoms with Crippen molar-refractivity contribution in [2.75, 3.05) is 13.2 Å². The van der Waals surface area contributed by atoms with Crippen molar-refractivity contribution in [2.24, 2.45) is 5.73 Å². The first-order valence-corrected chi connectivity index (χ1v) is 5.47. The maximum atomic E-state index is 11.0. The molecule has 0 heterocycles.